The maximum atomic E-state index is 11.1. The molecule has 1 N–H and O–H groups in total. The van der Waals surface area contributed by atoms with Crippen LogP contribution in [0.1, 0.15) is 32.6 Å². The van der Waals surface area contributed by atoms with Gasteiger partial charge >= 0.3 is 0 Å². The number of nitrogens with one attached hydrogen (secondary N) is 1. The highest BCUT2D eigenvalue weighted by atomic mass is 79.9. The van der Waals surface area contributed by atoms with E-state index in [9.17, 15) is 10.1 Å². The number of rotatable bonds is 4. The third-order valence-electron chi connectivity index (χ3n) is 4.65. The van der Waals surface area contributed by atoms with Crippen molar-refractivity contribution in [3.05, 3.63) is 32.8 Å². The van der Waals surface area contributed by atoms with Gasteiger partial charge in [0.15, 0.2) is 0 Å². The Labute approximate surface area is 133 Å². The minimum atomic E-state index is -0.319. The minimum Gasteiger partial charge on any atom is -0.365 e. The van der Waals surface area contributed by atoms with Gasteiger partial charge in [-0.05, 0) is 60.3 Å². The average Bonchev–Trinajstić information content (AvgIpc) is 2.71. The Morgan fingerprint density at radius 2 is 2.05 bits per heavy atom. The van der Waals surface area contributed by atoms with Gasteiger partial charge in [0.2, 0.25) is 0 Å². The summed E-state index contributed by atoms with van der Waals surface area (Å²) in [6.07, 6.45) is 4.65. The lowest BCUT2D eigenvalue weighted by Gasteiger charge is -2.40. The van der Waals surface area contributed by atoms with Crippen molar-refractivity contribution in [2.75, 3.05) is 11.4 Å². The second-order valence-corrected chi connectivity index (χ2v) is 6.77. The molecule has 0 aromatic heterocycles. The Hall–Kier alpha value is -1.14. The Morgan fingerprint density at radius 1 is 1.38 bits per heavy atom. The molecular weight excluding hydrogens is 334 g/mol. The third kappa shape index (κ3) is 2.79. The van der Waals surface area contributed by atoms with Crippen molar-refractivity contribution in [3.63, 3.8) is 0 Å². The SMILES string of the molecule is CCNC1CC2CCC(C1)N2c1ccc(Br)c([N+](=O)[O-])c1. The molecule has 2 aliphatic heterocycles. The molecule has 2 fully saturated rings. The van der Waals surface area contributed by atoms with Gasteiger partial charge in [-0.1, -0.05) is 6.92 Å². The summed E-state index contributed by atoms with van der Waals surface area (Å²) in [6, 6.07) is 7.11. The van der Waals surface area contributed by atoms with E-state index < -0.39 is 0 Å². The van der Waals surface area contributed by atoms with Crippen molar-refractivity contribution in [1.29, 1.82) is 0 Å². The van der Waals surface area contributed by atoms with E-state index in [0.29, 0.717) is 22.6 Å². The highest BCUT2D eigenvalue weighted by molar-refractivity contribution is 9.10. The van der Waals surface area contributed by atoms with Crippen molar-refractivity contribution in [3.8, 4) is 0 Å². The van der Waals surface area contributed by atoms with Crippen LogP contribution in [0.2, 0.25) is 0 Å². The highest BCUT2D eigenvalue weighted by Crippen LogP contribution is 2.41. The molecule has 3 rings (SSSR count). The molecule has 2 saturated heterocycles. The zero-order chi connectivity index (χ0) is 15.0. The molecule has 2 aliphatic rings. The second kappa shape index (κ2) is 5.93. The first-order valence-corrected chi connectivity index (χ1v) is 8.35. The van der Waals surface area contributed by atoms with Gasteiger partial charge in [-0.2, -0.15) is 0 Å². The van der Waals surface area contributed by atoms with E-state index in [1.807, 2.05) is 6.07 Å². The van der Waals surface area contributed by atoms with Gasteiger partial charge in [0, 0.05) is 29.9 Å². The molecule has 2 atom stereocenters. The molecule has 0 amide bonds. The number of hydrogen-bond acceptors (Lipinski definition) is 4. The summed E-state index contributed by atoms with van der Waals surface area (Å²) < 4.78 is 0.547. The van der Waals surface area contributed by atoms with Crippen LogP contribution in [0.25, 0.3) is 0 Å². The molecule has 1 aromatic carbocycles. The van der Waals surface area contributed by atoms with Gasteiger partial charge in [0.1, 0.15) is 0 Å². The molecule has 0 spiro atoms. The van der Waals surface area contributed by atoms with Gasteiger partial charge in [0.25, 0.3) is 5.69 Å². The van der Waals surface area contributed by atoms with Crippen molar-refractivity contribution >= 4 is 27.3 Å². The first-order valence-electron chi connectivity index (χ1n) is 7.55. The zero-order valence-electron chi connectivity index (χ0n) is 12.1. The monoisotopic (exact) mass is 353 g/mol. The largest absolute Gasteiger partial charge is 0.365 e. The molecular formula is C15H20BrN3O2. The Bertz CT molecular complexity index is 538. The summed E-state index contributed by atoms with van der Waals surface area (Å²) in [6.45, 7) is 3.15. The topological polar surface area (TPSA) is 58.4 Å². The van der Waals surface area contributed by atoms with Crippen molar-refractivity contribution in [2.24, 2.45) is 0 Å². The van der Waals surface area contributed by atoms with Gasteiger partial charge in [-0.25, -0.2) is 0 Å². The predicted octanol–water partition coefficient (Wildman–Crippen LogP) is 3.47. The van der Waals surface area contributed by atoms with Crippen LogP contribution in [0.4, 0.5) is 11.4 Å². The molecule has 114 valence electrons. The standard InChI is InChI=1S/C15H20BrN3O2/c1-2-17-10-7-11-3-4-12(8-10)18(11)13-5-6-14(16)15(9-13)19(20)21/h5-6,9-12,17H,2-4,7-8H2,1H3. The number of nitro benzene ring substituents is 1. The average molecular weight is 354 g/mol. The fourth-order valence-corrected chi connectivity index (χ4v) is 4.25. The van der Waals surface area contributed by atoms with Crippen LogP contribution < -0.4 is 10.2 Å². The van der Waals surface area contributed by atoms with Crippen LogP contribution in [0.5, 0.6) is 0 Å². The lowest BCUT2D eigenvalue weighted by molar-refractivity contribution is -0.385. The smallest absolute Gasteiger partial charge is 0.285 e. The highest BCUT2D eigenvalue weighted by Gasteiger charge is 2.40. The van der Waals surface area contributed by atoms with E-state index in [-0.39, 0.29) is 10.6 Å². The Morgan fingerprint density at radius 3 is 2.62 bits per heavy atom. The number of anilines is 1. The number of nitrogens with zero attached hydrogens (tertiary/aromatic N) is 2. The molecule has 6 heteroatoms. The number of hydrogen-bond donors (Lipinski definition) is 1. The summed E-state index contributed by atoms with van der Waals surface area (Å²) in [5.74, 6) is 0. The normalized spacial score (nSPS) is 27.9. The van der Waals surface area contributed by atoms with Crippen LogP contribution >= 0.6 is 15.9 Å². The third-order valence-corrected chi connectivity index (χ3v) is 5.32. The first-order chi connectivity index (χ1) is 10.1. The molecule has 5 nitrogen and oxygen atoms in total. The Balaban J connectivity index is 1.85. The second-order valence-electron chi connectivity index (χ2n) is 5.91. The molecule has 0 aliphatic carbocycles. The van der Waals surface area contributed by atoms with E-state index in [2.05, 4.69) is 33.1 Å². The fourth-order valence-electron chi connectivity index (χ4n) is 3.86. The van der Waals surface area contributed by atoms with Crippen LogP contribution in [0.3, 0.4) is 0 Å². The van der Waals surface area contributed by atoms with Gasteiger partial charge in [0.05, 0.1) is 9.40 Å². The summed E-state index contributed by atoms with van der Waals surface area (Å²) in [7, 11) is 0. The predicted molar refractivity (Wildman–Crippen MR) is 86.8 cm³/mol. The summed E-state index contributed by atoms with van der Waals surface area (Å²) in [4.78, 5) is 13.2. The lowest BCUT2D eigenvalue weighted by Crippen LogP contribution is -2.49. The van der Waals surface area contributed by atoms with E-state index in [0.717, 1.165) is 25.1 Å². The van der Waals surface area contributed by atoms with E-state index in [4.69, 9.17) is 0 Å². The van der Waals surface area contributed by atoms with E-state index in [1.54, 1.807) is 12.1 Å². The summed E-state index contributed by atoms with van der Waals surface area (Å²) in [5, 5.41) is 14.7. The Kier molecular flexibility index (Phi) is 4.17. The molecule has 1 aromatic rings. The quantitative estimate of drug-likeness (QED) is 0.665. The maximum Gasteiger partial charge on any atom is 0.285 e. The number of benzene rings is 1. The minimum absolute atomic E-state index is 0.153. The summed E-state index contributed by atoms with van der Waals surface area (Å²) >= 11 is 3.26. The number of halogens is 1. The van der Waals surface area contributed by atoms with Crippen LogP contribution in [0.15, 0.2) is 22.7 Å². The first kappa shape index (κ1) is 14.8. The van der Waals surface area contributed by atoms with Crippen molar-refractivity contribution < 1.29 is 4.92 Å². The molecule has 2 heterocycles. The van der Waals surface area contributed by atoms with Gasteiger partial charge < -0.3 is 10.2 Å². The van der Waals surface area contributed by atoms with Gasteiger partial charge in [-0.3, -0.25) is 10.1 Å². The number of fused-ring (bicyclic) bond motifs is 2. The maximum absolute atomic E-state index is 11.1. The van der Waals surface area contributed by atoms with Crippen molar-refractivity contribution in [2.45, 2.75) is 50.7 Å². The summed E-state index contributed by atoms with van der Waals surface area (Å²) in [5.41, 5.74) is 1.15. The van der Waals surface area contributed by atoms with E-state index >= 15 is 0 Å². The number of nitro groups is 1. The molecule has 0 radical (unpaired) electrons. The fraction of sp³-hybridized carbons (Fsp3) is 0.600. The van der Waals surface area contributed by atoms with Crippen LogP contribution in [-0.4, -0.2) is 29.6 Å². The zero-order valence-corrected chi connectivity index (χ0v) is 13.7. The van der Waals surface area contributed by atoms with E-state index in [1.165, 1.54) is 12.8 Å². The van der Waals surface area contributed by atoms with Crippen LogP contribution in [0, 0.1) is 10.1 Å². The molecule has 2 unspecified atom stereocenters. The van der Waals surface area contributed by atoms with Crippen molar-refractivity contribution in [1.82, 2.24) is 5.32 Å². The van der Waals surface area contributed by atoms with Crippen LogP contribution in [-0.2, 0) is 0 Å². The lowest BCUT2D eigenvalue weighted by atomic mass is 9.96. The van der Waals surface area contributed by atoms with Gasteiger partial charge in [-0.15, -0.1) is 0 Å². The molecule has 0 saturated carbocycles. The molecule has 21 heavy (non-hydrogen) atoms. The number of piperidine rings is 1. The molecule has 2 bridgehead atoms.